The highest BCUT2D eigenvalue weighted by atomic mass is 14.0. The first-order valence-corrected chi connectivity index (χ1v) is 3.48. The van der Waals surface area contributed by atoms with Gasteiger partial charge in [-0.1, -0.05) is 24.6 Å². The fourth-order valence-electron chi connectivity index (χ4n) is 1.01. The summed E-state index contributed by atoms with van der Waals surface area (Å²) in [4.78, 5) is 0. The van der Waals surface area contributed by atoms with Crippen molar-refractivity contribution in [2.45, 2.75) is 25.7 Å². The van der Waals surface area contributed by atoms with Crippen molar-refractivity contribution in [2.24, 2.45) is 0 Å². The first kappa shape index (κ1) is 6.60. The van der Waals surface area contributed by atoms with E-state index in [-0.39, 0.29) is 0 Å². The molecule has 0 bridgehead atoms. The van der Waals surface area contributed by atoms with E-state index in [1.807, 2.05) is 0 Å². The second-order valence-corrected chi connectivity index (χ2v) is 2.32. The van der Waals surface area contributed by atoms with Gasteiger partial charge in [-0.15, -0.1) is 0 Å². The minimum absolute atomic E-state index is 1.02. The Kier molecular flexibility index (Phi) is 2.56. The average molecular weight is 120 g/mol. The zero-order valence-electron chi connectivity index (χ0n) is 5.69. The van der Waals surface area contributed by atoms with E-state index in [1.165, 1.54) is 18.4 Å². The molecule has 0 heteroatoms. The van der Waals surface area contributed by atoms with Crippen molar-refractivity contribution in [3.8, 4) is 0 Å². The zero-order valence-corrected chi connectivity index (χ0v) is 5.69. The highest BCUT2D eigenvalue weighted by Crippen LogP contribution is 2.15. The molecule has 0 aromatic rings. The molecule has 0 atom stereocenters. The Morgan fingerprint density at radius 1 is 1.67 bits per heavy atom. The van der Waals surface area contributed by atoms with E-state index in [4.69, 9.17) is 0 Å². The van der Waals surface area contributed by atoms with E-state index >= 15 is 0 Å². The molecule has 0 saturated carbocycles. The van der Waals surface area contributed by atoms with Gasteiger partial charge in [0.05, 0.1) is 0 Å². The van der Waals surface area contributed by atoms with Crippen molar-refractivity contribution in [1.82, 2.24) is 0 Å². The third-order valence-corrected chi connectivity index (χ3v) is 1.51. The number of hydrogen-bond acceptors (Lipinski definition) is 0. The second kappa shape index (κ2) is 3.49. The Morgan fingerprint density at radius 2 is 2.56 bits per heavy atom. The maximum Gasteiger partial charge on any atom is -0.0228 e. The third-order valence-electron chi connectivity index (χ3n) is 1.51. The standard InChI is InChI=1S/C9H12/c1-2-6-9-7-4-3-5-8-9/h3,8H,1-2,4,6-7H2. The van der Waals surface area contributed by atoms with Crippen LogP contribution in [0.4, 0.5) is 0 Å². The van der Waals surface area contributed by atoms with Crippen molar-refractivity contribution >= 4 is 0 Å². The van der Waals surface area contributed by atoms with Crippen molar-refractivity contribution in [1.29, 1.82) is 0 Å². The van der Waals surface area contributed by atoms with Crippen LogP contribution in [0.3, 0.4) is 0 Å². The summed E-state index contributed by atoms with van der Waals surface area (Å²) in [6.45, 7) is 3.80. The van der Waals surface area contributed by atoms with Gasteiger partial charge in [-0.3, -0.25) is 0 Å². The fraction of sp³-hybridized carbons (Fsp3) is 0.444. The average Bonchev–Trinajstić information content (AvgIpc) is 1.91. The van der Waals surface area contributed by atoms with Crippen LogP contribution in [0.1, 0.15) is 25.7 Å². The lowest BCUT2D eigenvalue weighted by Crippen LogP contribution is -1.86. The van der Waals surface area contributed by atoms with Crippen LogP contribution < -0.4 is 0 Å². The molecule has 0 aromatic heterocycles. The second-order valence-electron chi connectivity index (χ2n) is 2.32. The Labute approximate surface area is 57.3 Å². The van der Waals surface area contributed by atoms with Gasteiger partial charge < -0.3 is 0 Å². The topological polar surface area (TPSA) is 0 Å². The Morgan fingerprint density at radius 3 is 3.11 bits per heavy atom. The molecule has 9 heavy (non-hydrogen) atoms. The summed E-state index contributed by atoms with van der Waals surface area (Å²) in [5.41, 5.74) is 1.51. The molecule has 2 radical (unpaired) electrons. The maximum atomic E-state index is 3.80. The summed E-state index contributed by atoms with van der Waals surface area (Å²) in [5, 5.41) is 0. The molecule has 0 saturated heterocycles. The van der Waals surface area contributed by atoms with Crippen LogP contribution in [0.5, 0.6) is 0 Å². The molecular formula is C9H12. The molecule has 0 spiro atoms. The molecule has 48 valence electrons. The third kappa shape index (κ3) is 2.05. The van der Waals surface area contributed by atoms with Gasteiger partial charge in [0.2, 0.25) is 0 Å². The van der Waals surface area contributed by atoms with Crippen LogP contribution in [0, 0.1) is 13.0 Å². The molecule has 0 N–H and O–H groups in total. The van der Waals surface area contributed by atoms with E-state index in [1.54, 1.807) is 0 Å². The highest BCUT2D eigenvalue weighted by molar-refractivity contribution is 5.13. The number of allylic oxidation sites excluding steroid dienone is 4. The number of rotatable bonds is 2. The fourth-order valence-corrected chi connectivity index (χ4v) is 1.01. The van der Waals surface area contributed by atoms with Gasteiger partial charge in [-0.05, 0) is 31.8 Å². The SMILES string of the molecule is [CH2]CCC1=C[C]=CCC1. The van der Waals surface area contributed by atoms with E-state index in [9.17, 15) is 0 Å². The largest absolute Gasteiger partial charge is 0.0764 e. The smallest absolute Gasteiger partial charge is 0.0228 e. The first-order chi connectivity index (χ1) is 4.43. The van der Waals surface area contributed by atoms with E-state index < -0.39 is 0 Å². The first-order valence-electron chi connectivity index (χ1n) is 3.48. The molecule has 0 fully saturated rings. The van der Waals surface area contributed by atoms with Crippen molar-refractivity contribution in [2.75, 3.05) is 0 Å². The molecule has 1 aliphatic rings. The van der Waals surface area contributed by atoms with Crippen LogP contribution in [0.2, 0.25) is 0 Å². The normalized spacial score (nSPS) is 17.7. The Hall–Kier alpha value is -0.520. The van der Waals surface area contributed by atoms with Crippen molar-refractivity contribution < 1.29 is 0 Å². The van der Waals surface area contributed by atoms with Gasteiger partial charge in [0, 0.05) is 0 Å². The lowest BCUT2D eigenvalue weighted by atomic mass is 10.0. The van der Waals surface area contributed by atoms with Crippen LogP contribution in [-0.4, -0.2) is 0 Å². The van der Waals surface area contributed by atoms with Gasteiger partial charge in [0.15, 0.2) is 0 Å². The highest BCUT2D eigenvalue weighted by Gasteiger charge is 1.96. The molecule has 0 nitrogen and oxygen atoms in total. The maximum absolute atomic E-state index is 3.80. The molecule has 0 aliphatic heterocycles. The van der Waals surface area contributed by atoms with Gasteiger partial charge >= 0.3 is 0 Å². The van der Waals surface area contributed by atoms with E-state index in [0.29, 0.717) is 0 Å². The quantitative estimate of drug-likeness (QED) is 0.525. The van der Waals surface area contributed by atoms with Crippen molar-refractivity contribution in [3.05, 3.63) is 30.7 Å². The van der Waals surface area contributed by atoms with Gasteiger partial charge in [-0.25, -0.2) is 0 Å². The molecule has 0 amide bonds. The summed E-state index contributed by atoms with van der Waals surface area (Å²) in [6, 6.07) is 0. The van der Waals surface area contributed by atoms with Crippen LogP contribution in [-0.2, 0) is 0 Å². The summed E-state index contributed by atoms with van der Waals surface area (Å²) >= 11 is 0. The molecule has 0 heterocycles. The molecule has 1 aliphatic carbocycles. The zero-order chi connectivity index (χ0) is 6.53. The predicted molar refractivity (Wildman–Crippen MR) is 39.7 cm³/mol. The monoisotopic (exact) mass is 120 g/mol. The summed E-state index contributed by atoms with van der Waals surface area (Å²) in [7, 11) is 0. The lowest BCUT2D eigenvalue weighted by Gasteiger charge is -2.05. The molecule has 1 rings (SSSR count). The summed E-state index contributed by atoms with van der Waals surface area (Å²) in [6.07, 6.45) is 11.9. The minimum atomic E-state index is 1.02. The molecular weight excluding hydrogens is 108 g/mol. The van der Waals surface area contributed by atoms with Crippen molar-refractivity contribution in [3.63, 3.8) is 0 Å². The lowest BCUT2D eigenvalue weighted by molar-refractivity contribution is 0.850. The Balaban J connectivity index is 2.38. The molecule has 0 aromatic carbocycles. The van der Waals surface area contributed by atoms with E-state index in [0.717, 1.165) is 12.8 Å². The van der Waals surface area contributed by atoms with Crippen LogP contribution in [0.15, 0.2) is 17.7 Å². The van der Waals surface area contributed by atoms with Gasteiger partial charge in [-0.2, -0.15) is 0 Å². The molecule has 0 unspecified atom stereocenters. The summed E-state index contributed by atoms with van der Waals surface area (Å²) < 4.78 is 0. The van der Waals surface area contributed by atoms with Crippen LogP contribution >= 0.6 is 0 Å². The van der Waals surface area contributed by atoms with Gasteiger partial charge in [0.25, 0.3) is 0 Å². The predicted octanol–water partition coefficient (Wildman–Crippen LogP) is 2.68. The summed E-state index contributed by atoms with van der Waals surface area (Å²) in [5.74, 6) is 0. The van der Waals surface area contributed by atoms with Gasteiger partial charge in [0.1, 0.15) is 0 Å². The Bertz CT molecular complexity index is 129. The van der Waals surface area contributed by atoms with Crippen LogP contribution in [0.25, 0.3) is 0 Å². The minimum Gasteiger partial charge on any atom is -0.0764 e. The number of hydrogen-bond donors (Lipinski definition) is 0. The van der Waals surface area contributed by atoms with E-state index in [2.05, 4.69) is 25.2 Å².